The smallest absolute Gasteiger partial charge is 0.339 e. The van der Waals surface area contributed by atoms with E-state index in [0.717, 1.165) is 10.0 Å². The van der Waals surface area contributed by atoms with Crippen LogP contribution in [0.3, 0.4) is 0 Å². The summed E-state index contributed by atoms with van der Waals surface area (Å²) in [7, 11) is 2.47. The SMILES string of the molecule is COC(=O)c1ccc(C(=O)OC)c(NC(=O)c2ccc3noc(-c4ccc(Br)cc4)c3c2)c1. The van der Waals surface area contributed by atoms with Crippen LogP contribution in [0, 0.1) is 0 Å². The average Bonchev–Trinajstić information content (AvgIpc) is 3.26. The fraction of sp³-hybridized carbons (Fsp3) is 0.0833. The van der Waals surface area contributed by atoms with Crippen molar-refractivity contribution in [3.8, 4) is 11.3 Å². The van der Waals surface area contributed by atoms with Crippen LogP contribution < -0.4 is 5.32 Å². The number of nitrogens with one attached hydrogen (secondary N) is 1. The number of aromatic nitrogens is 1. The summed E-state index contributed by atoms with van der Waals surface area (Å²) in [6, 6.07) is 16.6. The number of hydrogen-bond acceptors (Lipinski definition) is 7. The van der Waals surface area contributed by atoms with Gasteiger partial charge in [0.05, 0.1) is 36.4 Å². The Kier molecular flexibility index (Phi) is 6.23. The van der Waals surface area contributed by atoms with E-state index in [1.54, 1.807) is 18.2 Å². The molecule has 0 unspecified atom stereocenters. The molecule has 8 nitrogen and oxygen atoms in total. The highest BCUT2D eigenvalue weighted by molar-refractivity contribution is 9.10. The summed E-state index contributed by atoms with van der Waals surface area (Å²) >= 11 is 3.40. The van der Waals surface area contributed by atoms with Gasteiger partial charge in [-0.15, -0.1) is 0 Å². The van der Waals surface area contributed by atoms with Crippen LogP contribution in [0.4, 0.5) is 5.69 Å². The molecular formula is C24H17BrN2O6. The molecule has 0 aliphatic rings. The van der Waals surface area contributed by atoms with Gasteiger partial charge in [0.15, 0.2) is 5.76 Å². The van der Waals surface area contributed by atoms with E-state index in [2.05, 4.69) is 26.4 Å². The maximum Gasteiger partial charge on any atom is 0.339 e. The van der Waals surface area contributed by atoms with Crippen molar-refractivity contribution in [2.45, 2.75) is 0 Å². The summed E-state index contributed by atoms with van der Waals surface area (Å²) in [6.07, 6.45) is 0. The second kappa shape index (κ2) is 9.25. The van der Waals surface area contributed by atoms with Crippen LogP contribution >= 0.6 is 15.9 Å². The molecule has 166 valence electrons. The molecule has 3 aromatic carbocycles. The lowest BCUT2D eigenvalue weighted by atomic mass is 10.1. The lowest BCUT2D eigenvalue weighted by Crippen LogP contribution is -2.16. The van der Waals surface area contributed by atoms with Crippen molar-refractivity contribution < 1.29 is 28.4 Å². The number of benzene rings is 3. The predicted molar refractivity (Wildman–Crippen MR) is 124 cm³/mol. The third-order valence-corrected chi connectivity index (χ3v) is 5.47. The zero-order chi connectivity index (χ0) is 23.5. The van der Waals surface area contributed by atoms with Gasteiger partial charge in [0.25, 0.3) is 5.91 Å². The molecule has 0 fully saturated rings. The van der Waals surface area contributed by atoms with Gasteiger partial charge in [-0.05, 0) is 60.7 Å². The summed E-state index contributed by atoms with van der Waals surface area (Å²) in [5.74, 6) is -1.23. The maximum atomic E-state index is 13.0. The molecule has 9 heteroatoms. The number of nitrogens with zero attached hydrogens (tertiary/aromatic N) is 1. The molecule has 1 aromatic heterocycles. The minimum absolute atomic E-state index is 0.0973. The summed E-state index contributed by atoms with van der Waals surface area (Å²) in [6.45, 7) is 0. The van der Waals surface area contributed by atoms with E-state index in [9.17, 15) is 14.4 Å². The van der Waals surface area contributed by atoms with Crippen LogP contribution in [0.2, 0.25) is 0 Å². The Hall–Kier alpha value is -3.98. The van der Waals surface area contributed by atoms with Crippen molar-refractivity contribution in [2.24, 2.45) is 0 Å². The summed E-state index contributed by atoms with van der Waals surface area (Å²) < 4.78 is 15.9. The van der Waals surface area contributed by atoms with Crippen molar-refractivity contribution in [3.05, 3.63) is 81.8 Å². The van der Waals surface area contributed by atoms with Gasteiger partial charge in [0.1, 0.15) is 5.52 Å². The van der Waals surface area contributed by atoms with Gasteiger partial charge in [-0.3, -0.25) is 4.79 Å². The summed E-state index contributed by atoms with van der Waals surface area (Å²) in [5, 5.41) is 7.39. The number of fused-ring (bicyclic) bond motifs is 1. The second-order valence-corrected chi connectivity index (χ2v) is 7.86. The topological polar surface area (TPSA) is 108 Å². The second-order valence-electron chi connectivity index (χ2n) is 6.95. The van der Waals surface area contributed by atoms with E-state index in [1.807, 2.05) is 24.3 Å². The van der Waals surface area contributed by atoms with Crippen LogP contribution in [-0.4, -0.2) is 37.2 Å². The monoisotopic (exact) mass is 508 g/mol. The van der Waals surface area contributed by atoms with Gasteiger partial charge in [0.2, 0.25) is 0 Å². The van der Waals surface area contributed by atoms with Gasteiger partial charge >= 0.3 is 11.9 Å². The fourth-order valence-corrected chi connectivity index (χ4v) is 3.53. The van der Waals surface area contributed by atoms with E-state index in [0.29, 0.717) is 22.2 Å². The van der Waals surface area contributed by atoms with Gasteiger partial charge in [-0.25, -0.2) is 9.59 Å². The quantitative estimate of drug-likeness (QED) is 0.374. The Morgan fingerprint density at radius 1 is 0.879 bits per heavy atom. The molecule has 0 radical (unpaired) electrons. The molecule has 4 rings (SSSR count). The molecule has 1 heterocycles. The number of esters is 2. The summed E-state index contributed by atoms with van der Waals surface area (Å²) in [4.78, 5) is 37.1. The molecule has 0 atom stereocenters. The highest BCUT2D eigenvalue weighted by atomic mass is 79.9. The lowest BCUT2D eigenvalue weighted by Gasteiger charge is -2.11. The van der Waals surface area contributed by atoms with Gasteiger partial charge in [-0.2, -0.15) is 0 Å². The largest absolute Gasteiger partial charge is 0.465 e. The van der Waals surface area contributed by atoms with Crippen LogP contribution in [-0.2, 0) is 9.47 Å². The predicted octanol–water partition coefficient (Wildman–Crippen LogP) is 5.08. The highest BCUT2D eigenvalue weighted by Crippen LogP contribution is 2.30. The number of ether oxygens (including phenoxy) is 2. The minimum Gasteiger partial charge on any atom is -0.465 e. The number of halogens is 1. The number of carbonyl (C=O) groups is 3. The molecule has 1 N–H and O–H groups in total. The van der Waals surface area contributed by atoms with Crippen LogP contribution in [0.5, 0.6) is 0 Å². The zero-order valence-corrected chi connectivity index (χ0v) is 19.1. The normalized spacial score (nSPS) is 10.6. The van der Waals surface area contributed by atoms with Gasteiger partial charge in [-0.1, -0.05) is 21.1 Å². The van der Waals surface area contributed by atoms with Crippen molar-refractivity contribution in [2.75, 3.05) is 19.5 Å². The van der Waals surface area contributed by atoms with Crippen molar-refractivity contribution in [1.29, 1.82) is 0 Å². The standard InChI is InChI=1S/C24H17BrN2O6/c1-31-23(29)15-5-9-17(24(30)32-2)20(12-15)26-22(28)14-6-10-19-18(11-14)21(33-27-19)13-3-7-16(25)8-4-13/h3-12H,1-2H3,(H,26,28). The number of carbonyl (C=O) groups excluding carboxylic acids is 3. The highest BCUT2D eigenvalue weighted by Gasteiger charge is 2.19. The van der Waals surface area contributed by atoms with Gasteiger partial charge < -0.3 is 19.3 Å². The van der Waals surface area contributed by atoms with Crippen molar-refractivity contribution >= 4 is 50.4 Å². The Labute approximate surface area is 196 Å². The van der Waals surface area contributed by atoms with E-state index >= 15 is 0 Å². The molecule has 0 saturated carbocycles. The third kappa shape index (κ3) is 4.49. The van der Waals surface area contributed by atoms with Crippen molar-refractivity contribution in [3.63, 3.8) is 0 Å². The average molecular weight is 509 g/mol. The van der Waals surface area contributed by atoms with E-state index < -0.39 is 17.8 Å². The Balaban J connectivity index is 1.70. The third-order valence-electron chi connectivity index (χ3n) is 4.94. The molecular weight excluding hydrogens is 492 g/mol. The molecule has 0 bridgehead atoms. The number of hydrogen-bond donors (Lipinski definition) is 1. The lowest BCUT2D eigenvalue weighted by molar-refractivity contribution is 0.0587. The first-order chi connectivity index (χ1) is 15.9. The number of amides is 1. The molecule has 1 amide bonds. The van der Waals surface area contributed by atoms with E-state index in [1.165, 1.54) is 32.4 Å². The first-order valence-corrected chi connectivity index (χ1v) is 10.5. The molecule has 0 spiro atoms. The Morgan fingerprint density at radius 2 is 1.58 bits per heavy atom. The molecule has 0 aliphatic heterocycles. The van der Waals surface area contributed by atoms with Gasteiger partial charge in [0, 0.05) is 15.6 Å². The first kappa shape index (κ1) is 22.2. The molecule has 4 aromatic rings. The fourth-order valence-electron chi connectivity index (χ4n) is 3.27. The Bertz CT molecular complexity index is 1380. The van der Waals surface area contributed by atoms with E-state index in [4.69, 9.17) is 14.0 Å². The van der Waals surface area contributed by atoms with Crippen LogP contribution in [0.15, 0.2) is 69.7 Å². The summed E-state index contributed by atoms with van der Waals surface area (Å²) in [5.41, 5.74) is 2.09. The molecule has 0 saturated heterocycles. The number of anilines is 1. The zero-order valence-electron chi connectivity index (χ0n) is 17.5. The molecule has 0 aliphatic carbocycles. The Morgan fingerprint density at radius 3 is 2.27 bits per heavy atom. The van der Waals surface area contributed by atoms with E-state index in [-0.39, 0.29) is 16.8 Å². The number of rotatable bonds is 5. The van der Waals surface area contributed by atoms with Crippen LogP contribution in [0.25, 0.3) is 22.2 Å². The maximum absolute atomic E-state index is 13.0. The van der Waals surface area contributed by atoms with Crippen molar-refractivity contribution in [1.82, 2.24) is 5.16 Å². The number of methoxy groups -OCH3 is 2. The first-order valence-electron chi connectivity index (χ1n) is 9.68. The van der Waals surface area contributed by atoms with Crippen LogP contribution in [0.1, 0.15) is 31.1 Å². The molecule has 33 heavy (non-hydrogen) atoms. The minimum atomic E-state index is -0.659.